The van der Waals surface area contributed by atoms with E-state index in [-0.39, 0.29) is 0 Å². The molecule has 92 valence electrons. The van der Waals surface area contributed by atoms with Crippen molar-refractivity contribution >= 4 is 5.95 Å². The monoisotopic (exact) mass is 233 g/mol. The van der Waals surface area contributed by atoms with Crippen LogP contribution in [-0.4, -0.2) is 25.4 Å². The number of nitrogens with one attached hydrogen (secondary N) is 1. The number of hydrogen-bond acceptors (Lipinski definition) is 3. The molecule has 5 nitrogen and oxygen atoms in total. The van der Waals surface area contributed by atoms with Crippen LogP contribution in [0.2, 0.25) is 0 Å². The number of nitrogens with zero attached hydrogens (tertiary/aromatic N) is 4. The highest BCUT2D eigenvalue weighted by Gasteiger charge is 2.08. The summed E-state index contributed by atoms with van der Waals surface area (Å²) >= 11 is 0. The van der Waals surface area contributed by atoms with Gasteiger partial charge in [-0.05, 0) is 26.8 Å². The predicted octanol–water partition coefficient (Wildman–Crippen LogP) is 1.91. The number of hydrogen-bond donors (Lipinski definition) is 1. The summed E-state index contributed by atoms with van der Waals surface area (Å²) in [5.74, 6) is 0.935. The number of aryl methyl sites for hydroxylation is 2. The van der Waals surface area contributed by atoms with E-state index in [0.717, 1.165) is 24.7 Å². The minimum absolute atomic E-state index is 0.294. The van der Waals surface area contributed by atoms with E-state index in [4.69, 9.17) is 0 Å². The molecule has 0 spiro atoms. The molecule has 0 amide bonds. The molecule has 0 aliphatic rings. The molecule has 2 aromatic heterocycles. The van der Waals surface area contributed by atoms with Crippen molar-refractivity contribution in [2.45, 2.75) is 39.9 Å². The maximum Gasteiger partial charge on any atom is 0.203 e. The van der Waals surface area contributed by atoms with Crippen LogP contribution in [0.1, 0.15) is 19.5 Å². The van der Waals surface area contributed by atoms with E-state index >= 15 is 0 Å². The Morgan fingerprint density at radius 2 is 2.29 bits per heavy atom. The molecule has 2 rings (SSSR count). The molecule has 2 heterocycles. The Kier molecular flexibility index (Phi) is 3.46. The molecule has 0 saturated carbocycles. The molecule has 1 N–H and O–H groups in total. The smallest absolute Gasteiger partial charge is 0.203 e. The fourth-order valence-corrected chi connectivity index (χ4v) is 1.86. The predicted molar refractivity (Wildman–Crippen MR) is 67.9 cm³/mol. The number of anilines is 1. The second-order valence-electron chi connectivity index (χ2n) is 4.27. The van der Waals surface area contributed by atoms with Crippen LogP contribution in [0.5, 0.6) is 0 Å². The fraction of sp³-hybridized carbons (Fsp3) is 0.500. The lowest BCUT2D eigenvalue weighted by atomic mass is 10.3. The van der Waals surface area contributed by atoms with Gasteiger partial charge in [-0.1, -0.05) is 0 Å². The van der Waals surface area contributed by atoms with Gasteiger partial charge in [0.25, 0.3) is 0 Å². The summed E-state index contributed by atoms with van der Waals surface area (Å²) in [6.45, 7) is 8.02. The summed E-state index contributed by atoms with van der Waals surface area (Å²) in [5, 5.41) is 7.61. The average molecular weight is 233 g/mol. The van der Waals surface area contributed by atoms with Crippen molar-refractivity contribution in [1.82, 2.24) is 19.3 Å². The van der Waals surface area contributed by atoms with E-state index in [1.807, 2.05) is 23.9 Å². The molecule has 5 heteroatoms. The lowest BCUT2D eigenvalue weighted by Crippen LogP contribution is -2.24. The third-order valence-electron chi connectivity index (χ3n) is 2.63. The topological polar surface area (TPSA) is 47.7 Å². The summed E-state index contributed by atoms with van der Waals surface area (Å²) in [5.41, 5.74) is 1.04. The standard InChI is InChI=1S/C12H19N5/c1-4-16-8-10(2)14-12(16)15-11(3)9-17-7-5-6-13-17/h5-8,11H,4,9H2,1-3H3,(H,14,15). The van der Waals surface area contributed by atoms with E-state index < -0.39 is 0 Å². The molecule has 0 aliphatic carbocycles. The summed E-state index contributed by atoms with van der Waals surface area (Å²) in [6, 6.07) is 2.23. The molecule has 0 radical (unpaired) electrons. The van der Waals surface area contributed by atoms with Crippen LogP contribution in [0, 0.1) is 6.92 Å². The van der Waals surface area contributed by atoms with Gasteiger partial charge in [-0.15, -0.1) is 0 Å². The van der Waals surface area contributed by atoms with Crippen LogP contribution in [0.3, 0.4) is 0 Å². The summed E-state index contributed by atoms with van der Waals surface area (Å²) in [7, 11) is 0. The Hall–Kier alpha value is -1.78. The molecule has 0 saturated heterocycles. The summed E-state index contributed by atoms with van der Waals surface area (Å²) in [6.07, 6.45) is 5.82. The molecule has 1 atom stereocenters. The molecular weight excluding hydrogens is 214 g/mol. The molecule has 0 aromatic carbocycles. The van der Waals surface area contributed by atoms with Crippen molar-refractivity contribution in [2.75, 3.05) is 5.32 Å². The van der Waals surface area contributed by atoms with Crippen LogP contribution in [0.15, 0.2) is 24.7 Å². The van der Waals surface area contributed by atoms with Gasteiger partial charge in [0.15, 0.2) is 0 Å². The van der Waals surface area contributed by atoms with Gasteiger partial charge in [0.1, 0.15) is 0 Å². The van der Waals surface area contributed by atoms with E-state index in [0.29, 0.717) is 6.04 Å². The third-order valence-corrected chi connectivity index (χ3v) is 2.63. The first kappa shape index (κ1) is 11.7. The van der Waals surface area contributed by atoms with Gasteiger partial charge in [-0.25, -0.2) is 4.98 Å². The van der Waals surface area contributed by atoms with Crippen LogP contribution >= 0.6 is 0 Å². The highest BCUT2D eigenvalue weighted by molar-refractivity contribution is 5.29. The molecule has 17 heavy (non-hydrogen) atoms. The highest BCUT2D eigenvalue weighted by Crippen LogP contribution is 2.10. The Morgan fingerprint density at radius 1 is 1.47 bits per heavy atom. The molecule has 0 aliphatic heterocycles. The quantitative estimate of drug-likeness (QED) is 0.858. The van der Waals surface area contributed by atoms with E-state index in [2.05, 4.69) is 40.0 Å². The largest absolute Gasteiger partial charge is 0.351 e. The van der Waals surface area contributed by atoms with Gasteiger partial charge in [0, 0.05) is 31.2 Å². The maximum absolute atomic E-state index is 4.47. The van der Waals surface area contributed by atoms with Gasteiger partial charge in [-0.2, -0.15) is 5.10 Å². The van der Waals surface area contributed by atoms with Crippen molar-refractivity contribution in [2.24, 2.45) is 0 Å². The number of imidazole rings is 1. The lowest BCUT2D eigenvalue weighted by Gasteiger charge is -2.15. The zero-order valence-electron chi connectivity index (χ0n) is 10.6. The summed E-state index contributed by atoms with van der Waals surface area (Å²) in [4.78, 5) is 4.47. The van der Waals surface area contributed by atoms with E-state index in [1.165, 1.54) is 0 Å². The number of aromatic nitrogens is 4. The number of rotatable bonds is 5. The first-order valence-electron chi connectivity index (χ1n) is 5.96. The van der Waals surface area contributed by atoms with E-state index in [9.17, 15) is 0 Å². The summed E-state index contributed by atoms with van der Waals surface area (Å²) < 4.78 is 4.04. The molecular formula is C12H19N5. The van der Waals surface area contributed by atoms with Crippen molar-refractivity contribution in [3.05, 3.63) is 30.4 Å². The van der Waals surface area contributed by atoms with Crippen molar-refractivity contribution in [3.63, 3.8) is 0 Å². The van der Waals surface area contributed by atoms with Crippen molar-refractivity contribution < 1.29 is 0 Å². The second kappa shape index (κ2) is 5.03. The minimum atomic E-state index is 0.294. The normalized spacial score (nSPS) is 12.6. The van der Waals surface area contributed by atoms with Crippen LogP contribution < -0.4 is 5.32 Å². The van der Waals surface area contributed by atoms with Gasteiger partial charge < -0.3 is 9.88 Å². The fourth-order valence-electron chi connectivity index (χ4n) is 1.86. The Labute approximate surface area is 101 Å². The first-order valence-corrected chi connectivity index (χ1v) is 5.96. The van der Waals surface area contributed by atoms with Gasteiger partial charge in [-0.3, -0.25) is 4.68 Å². The van der Waals surface area contributed by atoms with Crippen molar-refractivity contribution in [1.29, 1.82) is 0 Å². The van der Waals surface area contributed by atoms with Crippen LogP contribution in [-0.2, 0) is 13.1 Å². The molecule has 1 unspecified atom stereocenters. The van der Waals surface area contributed by atoms with Gasteiger partial charge in [0.05, 0.1) is 12.2 Å². The molecule has 2 aromatic rings. The zero-order chi connectivity index (χ0) is 12.3. The SMILES string of the molecule is CCn1cc(C)nc1NC(C)Cn1cccn1. The zero-order valence-corrected chi connectivity index (χ0v) is 10.6. The second-order valence-corrected chi connectivity index (χ2v) is 4.27. The third kappa shape index (κ3) is 2.87. The van der Waals surface area contributed by atoms with Gasteiger partial charge in [0.2, 0.25) is 5.95 Å². The first-order chi connectivity index (χ1) is 8.19. The Morgan fingerprint density at radius 3 is 2.94 bits per heavy atom. The van der Waals surface area contributed by atoms with Gasteiger partial charge >= 0.3 is 0 Å². The Bertz CT molecular complexity index is 457. The molecule has 0 fully saturated rings. The highest BCUT2D eigenvalue weighted by atomic mass is 15.3. The van der Waals surface area contributed by atoms with Crippen LogP contribution in [0.4, 0.5) is 5.95 Å². The lowest BCUT2D eigenvalue weighted by molar-refractivity contribution is 0.555. The van der Waals surface area contributed by atoms with E-state index in [1.54, 1.807) is 6.20 Å². The minimum Gasteiger partial charge on any atom is -0.351 e. The maximum atomic E-state index is 4.47. The van der Waals surface area contributed by atoms with Crippen LogP contribution in [0.25, 0.3) is 0 Å². The average Bonchev–Trinajstić information content (AvgIpc) is 2.88. The van der Waals surface area contributed by atoms with Crippen molar-refractivity contribution in [3.8, 4) is 0 Å². The molecule has 0 bridgehead atoms. The Balaban J connectivity index is 2.00.